The number of amides is 1. The lowest BCUT2D eigenvalue weighted by atomic mass is 10.1. The number of halogens is 2. The molecule has 0 spiro atoms. The highest BCUT2D eigenvalue weighted by Crippen LogP contribution is 2.43. The first-order valence-corrected chi connectivity index (χ1v) is 12.3. The van der Waals surface area contributed by atoms with Crippen molar-refractivity contribution in [3.63, 3.8) is 0 Å². The van der Waals surface area contributed by atoms with Crippen molar-refractivity contribution < 1.29 is 9.53 Å². The van der Waals surface area contributed by atoms with Crippen molar-refractivity contribution in [3.05, 3.63) is 94.9 Å². The Hall–Kier alpha value is -3.44. The summed E-state index contributed by atoms with van der Waals surface area (Å²) < 4.78 is 5.10. The summed E-state index contributed by atoms with van der Waals surface area (Å²) in [4.78, 5) is 22.0. The van der Waals surface area contributed by atoms with Gasteiger partial charge in [-0.15, -0.1) is 0 Å². The van der Waals surface area contributed by atoms with Crippen molar-refractivity contribution in [2.45, 2.75) is 10.5 Å². The molecule has 10 heteroatoms. The normalized spacial score (nSPS) is 14.8. The highest BCUT2D eigenvalue weighted by atomic mass is 127. The van der Waals surface area contributed by atoms with Crippen LogP contribution >= 0.6 is 34.2 Å². The number of rotatable bonds is 6. The molecule has 2 N–H and O–H groups in total. The van der Waals surface area contributed by atoms with Crippen LogP contribution in [0.3, 0.4) is 0 Å². The molecule has 0 bridgehead atoms. The highest BCUT2D eigenvalue weighted by molar-refractivity contribution is 14.1. The van der Waals surface area contributed by atoms with Crippen LogP contribution in [0.25, 0.3) is 11.3 Å². The zero-order valence-corrected chi connectivity index (χ0v) is 21.5. The Balaban J connectivity index is 1.55. The fraction of sp³-hybridized carbons (Fsp3) is 0.120. The van der Waals surface area contributed by atoms with Crippen molar-refractivity contribution in [1.29, 1.82) is 0 Å². The summed E-state index contributed by atoms with van der Waals surface area (Å²) in [6, 6.07) is 18.7. The fourth-order valence-corrected chi connectivity index (χ4v) is 4.78. The number of H-pyrrole nitrogens is 1. The molecule has 0 radical (unpaired) electrons. The number of carbonyl (C=O) groups excluding carboxylic acids is 1. The largest absolute Gasteiger partial charge is 0.497 e. The molecule has 3 heterocycles. The zero-order chi connectivity index (χ0) is 24.4. The number of nitrogens with zero attached hydrogens (tertiary/aromatic N) is 4. The van der Waals surface area contributed by atoms with Gasteiger partial charge in [-0.25, -0.2) is 4.99 Å². The highest BCUT2D eigenvalue weighted by Gasteiger charge is 2.33. The number of amidine groups is 1. The summed E-state index contributed by atoms with van der Waals surface area (Å²) >= 11 is 8.35. The second-order valence-electron chi connectivity index (χ2n) is 7.79. The Morgan fingerprint density at radius 1 is 1.20 bits per heavy atom. The van der Waals surface area contributed by atoms with Crippen LogP contribution in [0, 0.1) is 0 Å². The molecule has 0 aliphatic carbocycles. The van der Waals surface area contributed by atoms with E-state index in [-0.39, 0.29) is 9.96 Å². The molecule has 5 rings (SSSR count). The van der Waals surface area contributed by atoms with Gasteiger partial charge in [-0.05, 0) is 64.6 Å². The Bertz CT molecular complexity index is 1390. The molecule has 35 heavy (non-hydrogen) atoms. The third-order valence-corrected chi connectivity index (χ3v) is 6.94. The average molecular weight is 599 g/mol. The minimum Gasteiger partial charge on any atom is -0.497 e. The third-order valence-electron chi connectivity index (χ3n) is 5.51. The minimum atomic E-state index is -0.283. The number of alkyl halides is 1. The molecule has 1 atom stereocenters. The van der Waals surface area contributed by atoms with Crippen molar-refractivity contribution >= 4 is 51.6 Å². The van der Waals surface area contributed by atoms with E-state index in [1.54, 1.807) is 30.4 Å². The average Bonchev–Trinajstić information content (AvgIpc) is 3.31. The van der Waals surface area contributed by atoms with Crippen LogP contribution in [-0.4, -0.2) is 39.0 Å². The number of ether oxygens (including phenoxy) is 1. The van der Waals surface area contributed by atoms with E-state index < -0.39 is 0 Å². The van der Waals surface area contributed by atoms with Crippen LogP contribution in [0.15, 0.2) is 78.0 Å². The first-order valence-electron chi connectivity index (χ1n) is 10.7. The Labute approximate surface area is 220 Å². The van der Waals surface area contributed by atoms with Gasteiger partial charge in [0.25, 0.3) is 5.91 Å². The van der Waals surface area contributed by atoms with Gasteiger partial charge in [0.15, 0.2) is 0 Å². The molecule has 4 aromatic rings. The van der Waals surface area contributed by atoms with Crippen LogP contribution in [0.4, 0.5) is 5.69 Å². The maximum Gasteiger partial charge on any atom is 0.271 e. The van der Waals surface area contributed by atoms with E-state index in [1.807, 2.05) is 48.5 Å². The molecule has 1 aliphatic heterocycles. The predicted molar refractivity (Wildman–Crippen MR) is 143 cm³/mol. The van der Waals surface area contributed by atoms with Crippen LogP contribution in [-0.2, 0) is 6.42 Å². The van der Waals surface area contributed by atoms with Crippen LogP contribution in [0.5, 0.6) is 5.75 Å². The summed E-state index contributed by atoms with van der Waals surface area (Å²) in [6.07, 6.45) is 3.62. The number of hydrazine groups is 1. The molecular weight excluding hydrogens is 579 g/mol. The van der Waals surface area contributed by atoms with Crippen LogP contribution in [0.1, 0.15) is 25.7 Å². The maximum atomic E-state index is 13.0. The molecule has 8 nitrogen and oxygen atoms in total. The molecule has 0 saturated heterocycles. The number of pyridine rings is 1. The number of hydrogen-bond donors (Lipinski definition) is 2. The summed E-state index contributed by atoms with van der Waals surface area (Å²) in [5.41, 5.74) is 7.59. The second kappa shape index (κ2) is 10.0. The molecule has 2 aromatic heterocycles. The number of aromatic amines is 1. The van der Waals surface area contributed by atoms with E-state index in [9.17, 15) is 4.79 Å². The van der Waals surface area contributed by atoms with Gasteiger partial charge in [0.2, 0.25) is 0 Å². The molecule has 0 saturated carbocycles. The molecule has 176 valence electrons. The summed E-state index contributed by atoms with van der Waals surface area (Å²) in [5.74, 6) is 1.14. The van der Waals surface area contributed by atoms with Crippen molar-refractivity contribution in [2.24, 2.45) is 4.99 Å². The smallest absolute Gasteiger partial charge is 0.271 e. The first-order chi connectivity index (χ1) is 17.0. The number of methoxy groups -OCH3 is 1. The van der Waals surface area contributed by atoms with E-state index in [4.69, 9.17) is 21.3 Å². The number of benzene rings is 2. The van der Waals surface area contributed by atoms with Gasteiger partial charge in [0.05, 0.1) is 18.4 Å². The molecule has 2 aromatic carbocycles. The monoisotopic (exact) mass is 598 g/mol. The van der Waals surface area contributed by atoms with Gasteiger partial charge >= 0.3 is 0 Å². The number of carbonyl (C=O) groups is 1. The summed E-state index contributed by atoms with van der Waals surface area (Å²) in [5, 5.41) is 10.1. The second-order valence-corrected chi connectivity index (χ2v) is 9.40. The van der Waals surface area contributed by atoms with Crippen LogP contribution < -0.4 is 10.2 Å². The quantitative estimate of drug-likeness (QED) is 0.174. The number of aromatic nitrogens is 3. The third kappa shape index (κ3) is 4.87. The number of nitrogens with one attached hydrogen (secondary N) is 2. The van der Waals surface area contributed by atoms with Gasteiger partial charge in [-0.3, -0.25) is 25.3 Å². The zero-order valence-electron chi connectivity index (χ0n) is 18.6. The van der Waals surface area contributed by atoms with Crippen LogP contribution in [0.2, 0.25) is 5.02 Å². The topological polar surface area (TPSA) is 95.5 Å². The Kier molecular flexibility index (Phi) is 6.69. The van der Waals surface area contributed by atoms with E-state index in [0.29, 0.717) is 22.8 Å². The molecular formula is C25H20ClIN6O2. The minimum absolute atomic E-state index is 0.279. The van der Waals surface area contributed by atoms with Gasteiger partial charge in [0.1, 0.15) is 27.0 Å². The maximum absolute atomic E-state index is 13.0. The SMILES string of the molecule is COc1cccc(CC2=Nc3c(-c4ccc(Cl)cc4)n[nH]c3C(I)N2NC(=O)c2cccnc2)c1. The van der Waals surface area contributed by atoms with Gasteiger partial charge in [-0.2, -0.15) is 5.10 Å². The Morgan fingerprint density at radius 2 is 2.03 bits per heavy atom. The molecule has 1 amide bonds. The van der Waals surface area contributed by atoms with Crippen molar-refractivity contribution in [1.82, 2.24) is 25.6 Å². The Morgan fingerprint density at radius 3 is 2.77 bits per heavy atom. The number of fused-ring (bicyclic) bond motifs is 1. The summed E-state index contributed by atoms with van der Waals surface area (Å²) in [6.45, 7) is 0. The molecule has 1 unspecified atom stereocenters. The van der Waals surface area contributed by atoms with E-state index in [0.717, 1.165) is 34.0 Å². The van der Waals surface area contributed by atoms with E-state index in [2.05, 4.69) is 43.2 Å². The molecule has 0 fully saturated rings. The first kappa shape index (κ1) is 23.3. The summed E-state index contributed by atoms with van der Waals surface area (Å²) in [7, 11) is 1.63. The predicted octanol–water partition coefficient (Wildman–Crippen LogP) is 5.50. The van der Waals surface area contributed by atoms with E-state index >= 15 is 0 Å². The lowest BCUT2D eigenvalue weighted by Gasteiger charge is -2.33. The standard InChI is InChI=1S/C25H20ClIN6O2/c1-35-19-6-2-4-15(12-19)13-20-29-22-21(16-7-9-18(26)10-8-16)30-31-23(22)24(27)33(20)32-25(34)17-5-3-11-28-14-17/h2-12,14,24H,13H2,1H3,(H,30,31)(H,32,34). The van der Waals surface area contributed by atoms with Gasteiger partial charge < -0.3 is 4.74 Å². The number of hydrogen-bond acceptors (Lipinski definition) is 6. The number of aliphatic imine (C=N–C) groups is 1. The lowest BCUT2D eigenvalue weighted by Crippen LogP contribution is -2.48. The molecule has 1 aliphatic rings. The van der Waals surface area contributed by atoms with E-state index in [1.165, 1.54) is 6.20 Å². The van der Waals surface area contributed by atoms with Gasteiger partial charge in [0, 0.05) is 29.4 Å². The van der Waals surface area contributed by atoms with Crippen molar-refractivity contribution in [2.75, 3.05) is 7.11 Å². The van der Waals surface area contributed by atoms with Crippen molar-refractivity contribution in [3.8, 4) is 17.0 Å². The lowest BCUT2D eigenvalue weighted by molar-refractivity contribution is 0.0862. The van der Waals surface area contributed by atoms with Gasteiger partial charge in [-0.1, -0.05) is 35.9 Å². The fourth-order valence-electron chi connectivity index (χ4n) is 3.76.